The Morgan fingerprint density at radius 1 is 1.07 bits per heavy atom. The van der Waals surface area contributed by atoms with Gasteiger partial charge in [-0.3, -0.25) is 4.79 Å². The predicted molar refractivity (Wildman–Crippen MR) is 112 cm³/mol. The highest BCUT2D eigenvalue weighted by Gasteiger charge is 2.14. The summed E-state index contributed by atoms with van der Waals surface area (Å²) in [4.78, 5) is 12.4. The fraction of sp³-hybridized carbons (Fsp3) is 0.304. The van der Waals surface area contributed by atoms with E-state index >= 15 is 0 Å². The summed E-state index contributed by atoms with van der Waals surface area (Å²) >= 11 is 0. The molecule has 1 aromatic heterocycles. The molecule has 0 spiro atoms. The van der Waals surface area contributed by atoms with Gasteiger partial charge in [-0.25, -0.2) is 0 Å². The Morgan fingerprint density at radius 3 is 2.60 bits per heavy atom. The predicted octanol–water partition coefficient (Wildman–Crippen LogP) is 4.00. The first-order chi connectivity index (χ1) is 14.5. The Morgan fingerprint density at radius 2 is 1.90 bits per heavy atom. The molecule has 30 heavy (non-hydrogen) atoms. The van der Waals surface area contributed by atoms with Crippen molar-refractivity contribution in [2.75, 3.05) is 20.3 Å². The van der Waals surface area contributed by atoms with Crippen LogP contribution in [0.2, 0.25) is 0 Å². The van der Waals surface area contributed by atoms with Crippen molar-refractivity contribution in [3.63, 3.8) is 0 Å². The SMILES string of the molecule is COc1cc(C(=O)NCCOc2cccc(C)c2)ccc1OCc1c(C)noc1C. The van der Waals surface area contributed by atoms with E-state index in [9.17, 15) is 4.79 Å². The van der Waals surface area contributed by atoms with Crippen LogP contribution in [-0.2, 0) is 6.61 Å². The number of carbonyl (C=O) groups is 1. The number of nitrogens with one attached hydrogen (secondary N) is 1. The molecule has 3 rings (SSSR count). The first-order valence-electron chi connectivity index (χ1n) is 9.68. The van der Waals surface area contributed by atoms with Crippen LogP contribution in [0.15, 0.2) is 47.0 Å². The minimum Gasteiger partial charge on any atom is -0.493 e. The Balaban J connectivity index is 1.54. The summed E-state index contributed by atoms with van der Waals surface area (Å²) in [6.07, 6.45) is 0. The number of ether oxygens (including phenoxy) is 3. The average molecular weight is 410 g/mol. The van der Waals surface area contributed by atoms with Gasteiger partial charge in [-0.2, -0.15) is 0 Å². The van der Waals surface area contributed by atoms with Crippen LogP contribution in [0, 0.1) is 20.8 Å². The van der Waals surface area contributed by atoms with Crippen molar-refractivity contribution in [2.24, 2.45) is 0 Å². The van der Waals surface area contributed by atoms with Crippen LogP contribution in [0.1, 0.15) is 32.9 Å². The van der Waals surface area contributed by atoms with Gasteiger partial charge in [-0.05, 0) is 56.7 Å². The summed E-state index contributed by atoms with van der Waals surface area (Å²) in [5, 5.41) is 6.76. The highest BCUT2D eigenvalue weighted by Crippen LogP contribution is 2.29. The Labute approximate surface area is 175 Å². The zero-order chi connectivity index (χ0) is 21.5. The molecule has 0 atom stereocenters. The Hall–Kier alpha value is -3.48. The van der Waals surface area contributed by atoms with Crippen molar-refractivity contribution < 1.29 is 23.5 Å². The number of hydrogen-bond donors (Lipinski definition) is 1. The smallest absolute Gasteiger partial charge is 0.251 e. The monoisotopic (exact) mass is 410 g/mol. The molecule has 0 radical (unpaired) electrons. The van der Waals surface area contributed by atoms with Gasteiger partial charge < -0.3 is 24.1 Å². The molecule has 0 bridgehead atoms. The van der Waals surface area contributed by atoms with Crippen molar-refractivity contribution in [2.45, 2.75) is 27.4 Å². The lowest BCUT2D eigenvalue weighted by molar-refractivity contribution is 0.0946. The van der Waals surface area contributed by atoms with Gasteiger partial charge in [-0.1, -0.05) is 17.3 Å². The van der Waals surface area contributed by atoms with E-state index in [4.69, 9.17) is 18.7 Å². The van der Waals surface area contributed by atoms with Crippen molar-refractivity contribution in [3.05, 3.63) is 70.6 Å². The van der Waals surface area contributed by atoms with E-state index in [1.807, 2.05) is 45.0 Å². The molecule has 0 saturated carbocycles. The molecular formula is C23H26N2O5. The standard InChI is InChI=1S/C23H26N2O5/c1-15-6-5-7-19(12-15)28-11-10-24-23(26)18-8-9-21(22(13-18)27-4)29-14-20-16(2)25-30-17(20)3/h5-9,12-13H,10-11,14H2,1-4H3,(H,24,26). The molecule has 1 heterocycles. The van der Waals surface area contributed by atoms with E-state index in [2.05, 4.69) is 10.5 Å². The minimum atomic E-state index is -0.210. The lowest BCUT2D eigenvalue weighted by Crippen LogP contribution is -2.28. The number of hydrogen-bond acceptors (Lipinski definition) is 6. The molecule has 2 aromatic carbocycles. The zero-order valence-electron chi connectivity index (χ0n) is 17.7. The second-order valence-electron chi connectivity index (χ2n) is 6.88. The summed E-state index contributed by atoms with van der Waals surface area (Å²) < 4.78 is 22.0. The first-order valence-corrected chi connectivity index (χ1v) is 9.68. The van der Waals surface area contributed by atoms with Crippen molar-refractivity contribution in [1.82, 2.24) is 10.5 Å². The molecule has 0 aliphatic heterocycles. The van der Waals surface area contributed by atoms with Crippen LogP contribution < -0.4 is 19.5 Å². The molecule has 0 saturated heterocycles. The van der Waals surface area contributed by atoms with Crippen LogP contribution in [0.5, 0.6) is 17.2 Å². The molecule has 1 N–H and O–H groups in total. The van der Waals surface area contributed by atoms with Crippen molar-refractivity contribution in [3.8, 4) is 17.2 Å². The molecule has 7 nitrogen and oxygen atoms in total. The molecular weight excluding hydrogens is 384 g/mol. The minimum absolute atomic E-state index is 0.210. The zero-order valence-corrected chi connectivity index (χ0v) is 17.7. The summed E-state index contributed by atoms with van der Waals surface area (Å²) in [6, 6.07) is 12.8. The van der Waals surface area contributed by atoms with Crippen LogP contribution in [0.4, 0.5) is 0 Å². The highest BCUT2D eigenvalue weighted by molar-refractivity contribution is 5.94. The van der Waals surface area contributed by atoms with E-state index < -0.39 is 0 Å². The van der Waals surface area contributed by atoms with E-state index in [1.165, 1.54) is 7.11 Å². The number of carbonyl (C=O) groups excluding carboxylic acids is 1. The maximum absolute atomic E-state index is 12.4. The van der Waals surface area contributed by atoms with Gasteiger partial charge >= 0.3 is 0 Å². The normalized spacial score (nSPS) is 10.5. The lowest BCUT2D eigenvalue weighted by atomic mass is 10.2. The lowest BCUT2D eigenvalue weighted by Gasteiger charge is -2.12. The van der Waals surface area contributed by atoms with Gasteiger partial charge in [0, 0.05) is 5.56 Å². The molecule has 3 aromatic rings. The largest absolute Gasteiger partial charge is 0.493 e. The van der Waals surface area contributed by atoms with E-state index in [1.54, 1.807) is 18.2 Å². The number of methoxy groups -OCH3 is 1. The average Bonchev–Trinajstić information content (AvgIpc) is 3.06. The summed E-state index contributed by atoms with van der Waals surface area (Å²) in [5.41, 5.74) is 3.29. The third kappa shape index (κ3) is 5.31. The summed E-state index contributed by atoms with van der Waals surface area (Å²) in [5.74, 6) is 2.31. The van der Waals surface area contributed by atoms with Gasteiger partial charge in [0.2, 0.25) is 0 Å². The van der Waals surface area contributed by atoms with Crippen LogP contribution >= 0.6 is 0 Å². The molecule has 0 aliphatic rings. The van der Waals surface area contributed by atoms with Crippen LogP contribution in [0.25, 0.3) is 0 Å². The van der Waals surface area contributed by atoms with Crippen molar-refractivity contribution in [1.29, 1.82) is 0 Å². The van der Waals surface area contributed by atoms with Gasteiger partial charge in [0.15, 0.2) is 11.5 Å². The maximum Gasteiger partial charge on any atom is 0.251 e. The van der Waals surface area contributed by atoms with E-state index in [-0.39, 0.29) is 5.91 Å². The number of amides is 1. The van der Waals surface area contributed by atoms with Gasteiger partial charge in [-0.15, -0.1) is 0 Å². The van der Waals surface area contributed by atoms with Crippen LogP contribution in [-0.4, -0.2) is 31.3 Å². The van der Waals surface area contributed by atoms with Gasteiger partial charge in [0.05, 0.1) is 24.9 Å². The molecule has 0 unspecified atom stereocenters. The number of nitrogens with zero attached hydrogens (tertiary/aromatic N) is 1. The quantitative estimate of drug-likeness (QED) is 0.537. The third-order valence-electron chi connectivity index (χ3n) is 4.62. The fourth-order valence-electron chi connectivity index (χ4n) is 2.93. The molecule has 0 fully saturated rings. The van der Waals surface area contributed by atoms with Gasteiger partial charge in [0.25, 0.3) is 5.91 Å². The maximum atomic E-state index is 12.4. The fourth-order valence-corrected chi connectivity index (χ4v) is 2.93. The second-order valence-corrected chi connectivity index (χ2v) is 6.88. The molecule has 158 valence electrons. The topological polar surface area (TPSA) is 82.8 Å². The number of rotatable bonds is 9. The van der Waals surface area contributed by atoms with Gasteiger partial charge in [0.1, 0.15) is 24.7 Å². The summed E-state index contributed by atoms with van der Waals surface area (Å²) in [7, 11) is 1.54. The van der Waals surface area contributed by atoms with E-state index in [0.29, 0.717) is 36.8 Å². The number of aromatic nitrogens is 1. The Kier molecular flexibility index (Phi) is 6.95. The number of aryl methyl sites for hydroxylation is 3. The van der Waals surface area contributed by atoms with E-state index in [0.717, 1.165) is 28.3 Å². The van der Waals surface area contributed by atoms with Crippen LogP contribution in [0.3, 0.4) is 0 Å². The van der Waals surface area contributed by atoms with Crippen molar-refractivity contribution >= 4 is 5.91 Å². The Bertz CT molecular complexity index is 993. The highest BCUT2D eigenvalue weighted by atomic mass is 16.5. The number of benzene rings is 2. The first kappa shape index (κ1) is 21.2. The molecule has 1 amide bonds. The second kappa shape index (κ2) is 9.82. The molecule has 0 aliphatic carbocycles. The molecule has 7 heteroatoms. The third-order valence-corrected chi connectivity index (χ3v) is 4.62. The summed E-state index contributed by atoms with van der Waals surface area (Å²) in [6.45, 7) is 6.78.